The summed E-state index contributed by atoms with van der Waals surface area (Å²) < 4.78 is 41.1. The highest BCUT2D eigenvalue weighted by Gasteiger charge is 2.37. The van der Waals surface area contributed by atoms with E-state index in [0.29, 0.717) is 60.1 Å². The number of aromatic nitrogens is 3. The third-order valence-corrected chi connectivity index (χ3v) is 14.5. The number of nitrogens with zero attached hydrogens (tertiary/aromatic N) is 7. The summed E-state index contributed by atoms with van der Waals surface area (Å²) in [6.45, 7) is 4.38. The molecule has 0 saturated carbocycles. The molecule has 73 heavy (non-hydrogen) atoms. The van der Waals surface area contributed by atoms with Gasteiger partial charge in [0.1, 0.15) is 34.6 Å². The van der Waals surface area contributed by atoms with Crippen LogP contribution in [0.3, 0.4) is 0 Å². The van der Waals surface area contributed by atoms with Gasteiger partial charge < -0.3 is 39.9 Å². The molecule has 10 rings (SSSR count). The minimum absolute atomic E-state index is 0.0258. The van der Waals surface area contributed by atoms with Gasteiger partial charge in [-0.3, -0.25) is 34.4 Å². The van der Waals surface area contributed by atoms with Gasteiger partial charge in [0, 0.05) is 88.6 Å². The average molecular weight is 1000 g/mol. The van der Waals surface area contributed by atoms with E-state index in [1.54, 1.807) is 0 Å². The lowest BCUT2D eigenvalue weighted by Crippen LogP contribution is -2.52. The van der Waals surface area contributed by atoms with Gasteiger partial charge in [0.05, 0.1) is 36.0 Å². The Bertz CT molecular complexity index is 2870. The Morgan fingerprint density at radius 1 is 0.973 bits per heavy atom. The molecule has 5 atom stereocenters. The van der Waals surface area contributed by atoms with Crippen LogP contribution in [0.1, 0.15) is 75.3 Å². The van der Waals surface area contributed by atoms with Gasteiger partial charge in [0.2, 0.25) is 24.6 Å². The van der Waals surface area contributed by atoms with Crippen LogP contribution in [-0.2, 0) is 30.3 Å². The number of pyridine rings is 1. The second-order valence-electron chi connectivity index (χ2n) is 19.4. The van der Waals surface area contributed by atoms with Crippen LogP contribution in [-0.4, -0.2) is 141 Å². The van der Waals surface area contributed by atoms with Crippen molar-refractivity contribution in [1.82, 2.24) is 35.8 Å². The monoisotopic (exact) mass is 1000 g/mol. The number of piperidine rings is 1. The summed E-state index contributed by atoms with van der Waals surface area (Å²) in [5, 5.41) is 20.0. The lowest BCUT2D eigenvalue weighted by Gasteiger charge is -2.34. The molecule has 386 valence electrons. The molecule has 5 aliphatic rings. The number of amides is 4. The summed E-state index contributed by atoms with van der Waals surface area (Å²) in [6, 6.07) is 12.9. The molecule has 0 aliphatic carbocycles. The Morgan fingerprint density at radius 2 is 1.77 bits per heavy atom. The quantitative estimate of drug-likeness (QED) is 0.0438. The largest absolute Gasteiger partial charge is 0.508 e. The molecule has 5 saturated heterocycles. The number of halogens is 2. The maximum atomic E-state index is 16.1. The maximum Gasteiger partial charge on any atom is 0.318 e. The molecule has 5 aliphatic heterocycles. The van der Waals surface area contributed by atoms with Crippen LogP contribution in [0.4, 0.5) is 26.0 Å². The molecule has 2 aromatic heterocycles. The number of methoxy groups -OCH3 is 2. The Hall–Kier alpha value is -7.01. The predicted octanol–water partition coefficient (Wildman–Crippen LogP) is 5.61. The Balaban J connectivity index is 0.000000165. The zero-order valence-electron chi connectivity index (χ0n) is 41.8. The van der Waals surface area contributed by atoms with E-state index in [-0.39, 0.29) is 51.8 Å². The molecule has 0 spiro atoms. The number of phenolic OH excluding ortho intramolecular Hbond substituents is 1. The zero-order chi connectivity index (χ0) is 51.8. The molecule has 5 unspecified atom stereocenters. The summed E-state index contributed by atoms with van der Waals surface area (Å²) in [6.07, 6.45) is 19.4. The third kappa shape index (κ3) is 11.6. The van der Waals surface area contributed by atoms with Crippen molar-refractivity contribution in [1.29, 1.82) is 0 Å². The van der Waals surface area contributed by atoms with E-state index in [0.717, 1.165) is 75.1 Å². The first-order chi connectivity index (χ1) is 35.3. The number of carbonyl (C=O) groups is 4. The average Bonchev–Trinajstić information content (AvgIpc) is 4.11. The topological polar surface area (TPSA) is 195 Å². The lowest BCUT2D eigenvalue weighted by atomic mass is 9.96. The standard InChI is InChI=1S/C26H21F2N5O2.C19H26N4O4.C9H17NO/c1-3-17-20(27)7-4-13-8-16(34)9-18(21(13)17)23-22(28)24-19(10-29-23)25(32-26(31-24)35-2)33-11-14-5-6-15(12-33)30-14;1-22(2)17-11-14(5-3-4-10-20-12-24)6-7-15(17)23(13-25)16-8-9-18(26)21-19(16)27;1-11-7-9-5-4-8-3-2-6-10(8)9/h1,4,7-10,14-15,30,34H,5-6,11-12H2,2H3;6-7,11-13,16H,3-5,8-10H2,1-2H3,(H,20,24)(H,21,26,27);8-9H,2-7H2,1H3. The van der Waals surface area contributed by atoms with Crippen LogP contribution in [0.25, 0.3) is 32.9 Å². The van der Waals surface area contributed by atoms with Gasteiger partial charge >= 0.3 is 6.01 Å². The number of rotatable bonds is 15. The SMILES string of the molecule is C#Cc1c(F)ccc2cc(O)cc(-c3ncc4c(N5CC6CCC(C5)N6)nc(OC)nc4c3F)c12.CN(C)c1cc(CCCCNC=O)ccc1N(C=O)C1CCC(=O)NC1=O.COCC1CCC2CCCN21. The first-order valence-electron chi connectivity index (χ1n) is 25.0. The fourth-order valence-corrected chi connectivity index (χ4v) is 11.0. The highest BCUT2D eigenvalue weighted by molar-refractivity contribution is 6.05. The molecular weight excluding hydrogens is 939 g/mol. The fourth-order valence-electron chi connectivity index (χ4n) is 11.0. The van der Waals surface area contributed by atoms with E-state index in [9.17, 15) is 28.7 Å². The van der Waals surface area contributed by atoms with Crippen molar-refractivity contribution in [3.8, 4) is 35.4 Å². The van der Waals surface area contributed by atoms with Crippen molar-refractivity contribution in [2.45, 2.75) is 101 Å². The number of carbonyl (C=O) groups excluding carboxylic acids is 4. The first kappa shape index (κ1) is 52.3. The minimum atomic E-state index is -0.735. The van der Waals surface area contributed by atoms with Gasteiger partial charge in [-0.15, -0.1) is 6.42 Å². The van der Waals surface area contributed by atoms with Gasteiger partial charge in [-0.25, -0.2) is 8.78 Å². The van der Waals surface area contributed by atoms with E-state index >= 15 is 4.39 Å². The van der Waals surface area contributed by atoms with E-state index in [2.05, 4.69) is 46.6 Å². The molecule has 2 bridgehead atoms. The smallest absolute Gasteiger partial charge is 0.318 e. The van der Waals surface area contributed by atoms with E-state index in [1.807, 2.05) is 44.3 Å². The summed E-state index contributed by atoms with van der Waals surface area (Å²) in [5.41, 5.74) is 2.64. The molecule has 4 N–H and O–H groups in total. The Kier molecular flexibility index (Phi) is 17.0. The second-order valence-corrected chi connectivity index (χ2v) is 19.4. The number of ether oxygens (including phenoxy) is 2. The molecule has 5 aromatic rings. The number of benzene rings is 3. The molecule has 5 fully saturated rings. The van der Waals surface area contributed by atoms with Crippen LogP contribution in [0.15, 0.2) is 48.7 Å². The predicted molar refractivity (Wildman–Crippen MR) is 276 cm³/mol. The first-order valence-corrected chi connectivity index (χ1v) is 25.0. The number of aryl methyl sites for hydroxylation is 1. The number of nitrogens with one attached hydrogen (secondary N) is 3. The van der Waals surface area contributed by atoms with Gasteiger partial charge in [-0.1, -0.05) is 18.1 Å². The zero-order valence-corrected chi connectivity index (χ0v) is 41.8. The minimum Gasteiger partial charge on any atom is -0.508 e. The molecule has 3 aromatic carbocycles. The molecule has 7 heterocycles. The molecule has 17 nitrogen and oxygen atoms in total. The van der Waals surface area contributed by atoms with Crippen LogP contribution in [0.5, 0.6) is 11.8 Å². The van der Waals surface area contributed by atoms with Crippen molar-refractivity contribution in [3.05, 3.63) is 71.4 Å². The van der Waals surface area contributed by atoms with E-state index in [4.69, 9.17) is 15.9 Å². The van der Waals surface area contributed by atoms with Gasteiger partial charge in [-0.05, 0) is 112 Å². The van der Waals surface area contributed by atoms with Gasteiger partial charge in [0.15, 0.2) is 5.82 Å². The number of terminal acetylenes is 1. The van der Waals surface area contributed by atoms with Gasteiger partial charge in [-0.2, -0.15) is 9.97 Å². The lowest BCUT2D eigenvalue weighted by molar-refractivity contribution is -0.134. The van der Waals surface area contributed by atoms with Crippen molar-refractivity contribution in [3.63, 3.8) is 0 Å². The number of unbranched alkanes of at least 4 members (excludes halogenated alkanes) is 1. The van der Waals surface area contributed by atoms with Crippen molar-refractivity contribution in [2.24, 2.45) is 0 Å². The number of hydrogen-bond acceptors (Lipinski definition) is 14. The Labute approximate surface area is 424 Å². The number of piperazine rings is 1. The molecule has 0 radical (unpaired) electrons. The summed E-state index contributed by atoms with van der Waals surface area (Å²) in [4.78, 5) is 66.9. The number of hydrogen-bond donors (Lipinski definition) is 4. The number of aromatic hydroxyl groups is 1. The highest BCUT2D eigenvalue weighted by Crippen LogP contribution is 2.40. The van der Waals surface area contributed by atoms with Crippen LogP contribution >= 0.6 is 0 Å². The summed E-state index contributed by atoms with van der Waals surface area (Å²) in [5.74, 6) is 0.662. The number of phenols is 1. The maximum absolute atomic E-state index is 16.1. The van der Waals surface area contributed by atoms with Gasteiger partial charge in [0.25, 0.3) is 0 Å². The van der Waals surface area contributed by atoms with Crippen LogP contribution < -0.4 is 35.4 Å². The van der Waals surface area contributed by atoms with Crippen LogP contribution in [0.2, 0.25) is 0 Å². The van der Waals surface area contributed by atoms with Crippen molar-refractivity contribution < 1.29 is 42.5 Å². The van der Waals surface area contributed by atoms with E-state index < -0.39 is 23.6 Å². The normalized spacial score (nSPS) is 21.1. The third-order valence-electron chi connectivity index (χ3n) is 14.5. The van der Waals surface area contributed by atoms with Crippen LogP contribution in [0, 0.1) is 24.0 Å². The second kappa shape index (κ2) is 23.7. The molecular formula is C54H64F2N10O7. The summed E-state index contributed by atoms with van der Waals surface area (Å²) in [7, 11) is 6.99. The number of imide groups is 1. The molecule has 19 heteroatoms. The highest BCUT2D eigenvalue weighted by atomic mass is 19.1. The molecule has 4 amide bonds. The number of fused-ring (bicyclic) bond motifs is 5. The van der Waals surface area contributed by atoms with E-state index in [1.165, 1.54) is 74.7 Å². The fraction of sp³-hybridized carbons (Fsp3) is 0.463. The van der Waals surface area contributed by atoms with Crippen molar-refractivity contribution in [2.75, 3.05) is 75.8 Å². The Morgan fingerprint density at radius 3 is 2.47 bits per heavy atom. The number of anilines is 3. The van der Waals surface area contributed by atoms with Crippen molar-refractivity contribution >= 4 is 63.5 Å². The summed E-state index contributed by atoms with van der Waals surface area (Å²) >= 11 is 0.